The molecular weight excluding hydrogens is 326 g/mol. The molecule has 0 spiro atoms. The van der Waals surface area contributed by atoms with Crippen molar-refractivity contribution in [3.8, 4) is 0 Å². The van der Waals surface area contributed by atoms with Gasteiger partial charge in [0.15, 0.2) is 0 Å². The number of rotatable bonds is 5. The van der Waals surface area contributed by atoms with E-state index in [0.29, 0.717) is 30.3 Å². The SMILES string of the molecule is Cl.O=C(CCNC1CCCC1C1COCCN1)N1CCCCCC1. The van der Waals surface area contributed by atoms with Crippen LogP contribution in [0.15, 0.2) is 0 Å². The standard InChI is InChI=1S/C18H33N3O2.ClH/c22-18(21-11-3-1-2-4-12-21)8-9-19-16-7-5-6-15(16)17-14-23-13-10-20-17;/h15-17,19-20H,1-14H2;1H. The largest absolute Gasteiger partial charge is 0.379 e. The summed E-state index contributed by atoms with van der Waals surface area (Å²) in [5, 5.41) is 7.28. The summed E-state index contributed by atoms with van der Waals surface area (Å²) in [6, 6.07) is 1.04. The number of carbonyl (C=O) groups excluding carboxylic acids is 1. The highest BCUT2D eigenvalue weighted by Crippen LogP contribution is 2.29. The second-order valence-electron chi connectivity index (χ2n) is 7.34. The highest BCUT2D eigenvalue weighted by atomic mass is 35.5. The average molecular weight is 360 g/mol. The number of amides is 1. The van der Waals surface area contributed by atoms with Crippen molar-refractivity contribution in [2.24, 2.45) is 5.92 Å². The van der Waals surface area contributed by atoms with Gasteiger partial charge in [0.25, 0.3) is 0 Å². The Balaban J connectivity index is 0.00000208. The van der Waals surface area contributed by atoms with Gasteiger partial charge in [-0.05, 0) is 31.6 Å². The van der Waals surface area contributed by atoms with Crippen LogP contribution in [0.2, 0.25) is 0 Å². The summed E-state index contributed by atoms with van der Waals surface area (Å²) in [7, 11) is 0. The molecule has 2 aliphatic heterocycles. The van der Waals surface area contributed by atoms with Crippen LogP contribution < -0.4 is 10.6 Å². The second kappa shape index (κ2) is 10.6. The zero-order valence-corrected chi connectivity index (χ0v) is 15.6. The van der Waals surface area contributed by atoms with Gasteiger partial charge in [-0.2, -0.15) is 0 Å². The summed E-state index contributed by atoms with van der Waals surface area (Å²) in [4.78, 5) is 14.4. The molecule has 140 valence electrons. The summed E-state index contributed by atoms with van der Waals surface area (Å²) in [6.45, 7) is 5.41. The Hall–Kier alpha value is -0.360. The average Bonchev–Trinajstić information content (AvgIpc) is 2.88. The van der Waals surface area contributed by atoms with Gasteiger partial charge in [0.1, 0.15) is 0 Å². The lowest BCUT2D eigenvalue weighted by Gasteiger charge is -2.33. The van der Waals surface area contributed by atoms with E-state index >= 15 is 0 Å². The smallest absolute Gasteiger partial charge is 0.223 e. The monoisotopic (exact) mass is 359 g/mol. The molecular formula is C18H34ClN3O2. The molecule has 0 aromatic carbocycles. The normalized spacial score (nSPS) is 31.3. The Bertz CT molecular complexity index is 369. The predicted octanol–water partition coefficient (Wildman–Crippen LogP) is 1.95. The summed E-state index contributed by atoms with van der Waals surface area (Å²) >= 11 is 0. The summed E-state index contributed by atoms with van der Waals surface area (Å²) < 4.78 is 5.63. The first-order chi connectivity index (χ1) is 11.3. The minimum Gasteiger partial charge on any atom is -0.379 e. The Kier molecular flexibility index (Phi) is 8.81. The third kappa shape index (κ3) is 5.58. The molecule has 2 heterocycles. The van der Waals surface area contributed by atoms with Crippen molar-refractivity contribution < 1.29 is 9.53 Å². The molecule has 0 aromatic heterocycles. The number of nitrogens with zero attached hydrogens (tertiary/aromatic N) is 1. The van der Waals surface area contributed by atoms with E-state index in [1.54, 1.807) is 0 Å². The quantitative estimate of drug-likeness (QED) is 0.787. The molecule has 6 heteroatoms. The number of halogens is 1. The van der Waals surface area contributed by atoms with Crippen molar-refractivity contribution in [1.29, 1.82) is 0 Å². The van der Waals surface area contributed by atoms with E-state index in [2.05, 4.69) is 15.5 Å². The van der Waals surface area contributed by atoms with E-state index < -0.39 is 0 Å². The second-order valence-corrected chi connectivity index (χ2v) is 7.34. The topological polar surface area (TPSA) is 53.6 Å². The lowest BCUT2D eigenvalue weighted by atomic mass is 9.94. The van der Waals surface area contributed by atoms with Gasteiger partial charge in [-0.15, -0.1) is 12.4 Å². The molecule has 3 fully saturated rings. The number of nitrogens with one attached hydrogen (secondary N) is 2. The van der Waals surface area contributed by atoms with Gasteiger partial charge in [0.2, 0.25) is 5.91 Å². The maximum Gasteiger partial charge on any atom is 0.223 e. The lowest BCUT2D eigenvalue weighted by molar-refractivity contribution is -0.131. The van der Waals surface area contributed by atoms with Gasteiger partial charge in [0, 0.05) is 44.7 Å². The number of hydrogen-bond donors (Lipinski definition) is 2. The van der Waals surface area contributed by atoms with Crippen LogP contribution >= 0.6 is 12.4 Å². The van der Waals surface area contributed by atoms with E-state index in [1.165, 1.54) is 44.9 Å². The molecule has 2 saturated heterocycles. The van der Waals surface area contributed by atoms with Crippen LogP contribution in [0.25, 0.3) is 0 Å². The Morgan fingerprint density at radius 1 is 1.12 bits per heavy atom. The zero-order chi connectivity index (χ0) is 15.9. The van der Waals surface area contributed by atoms with Crippen molar-refractivity contribution in [3.05, 3.63) is 0 Å². The molecule has 5 nitrogen and oxygen atoms in total. The third-order valence-electron chi connectivity index (χ3n) is 5.74. The first-order valence-corrected chi connectivity index (χ1v) is 9.67. The van der Waals surface area contributed by atoms with Crippen molar-refractivity contribution in [1.82, 2.24) is 15.5 Å². The third-order valence-corrected chi connectivity index (χ3v) is 5.74. The molecule has 0 radical (unpaired) electrons. The van der Waals surface area contributed by atoms with E-state index in [9.17, 15) is 4.79 Å². The minimum absolute atomic E-state index is 0. The molecule has 24 heavy (non-hydrogen) atoms. The molecule has 3 rings (SSSR count). The first-order valence-electron chi connectivity index (χ1n) is 9.67. The Morgan fingerprint density at radius 3 is 2.62 bits per heavy atom. The first kappa shape index (κ1) is 20.0. The van der Waals surface area contributed by atoms with Crippen LogP contribution in [-0.4, -0.2) is 62.3 Å². The molecule has 1 aliphatic carbocycles. The molecule has 1 saturated carbocycles. The zero-order valence-electron chi connectivity index (χ0n) is 14.8. The Morgan fingerprint density at radius 2 is 1.92 bits per heavy atom. The molecule has 2 N–H and O–H groups in total. The fraction of sp³-hybridized carbons (Fsp3) is 0.944. The van der Waals surface area contributed by atoms with Crippen molar-refractivity contribution >= 4 is 18.3 Å². The van der Waals surface area contributed by atoms with Crippen molar-refractivity contribution in [3.63, 3.8) is 0 Å². The molecule has 3 atom stereocenters. The summed E-state index contributed by atoms with van der Waals surface area (Å²) in [5.41, 5.74) is 0. The van der Waals surface area contributed by atoms with E-state index in [4.69, 9.17) is 4.74 Å². The van der Waals surface area contributed by atoms with Crippen LogP contribution in [0.1, 0.15) is 51.4 Å². The number of ether oxygens (including phenoxy) is 1. The fourth-order valence-electron chi connectivity index (χ4n) is 4.43. The van der Waals surface area contributed by atoms with Crippen LogP contribution in [0.4, 0.5) is 0 Å². The molecule has 3 unspecified atom stereocenters. The van der Waals surface area contributed by atoms with Crippen LogP contribution in [0, 0.1) is 5.92 Å². The molecule has 3 aliphatic rings. The number of morpholine rings is 1. The molecule has 0 aromatic rings. The minimum atomic E-state index is 0. The van der Waals surface area contributed by atoms with Crippen LogP contribution in [-0.2, 0) is 9.53 Å². The van der Waals surface area contributed by atoms with E-state index in [1.807, 2.05) is 0 Å². The van der Waals surface area contributed by atoms with E-state index in [0.717, 1.165) is 39.4 Å². The van der Waals surface area contributed by atoms with Gasteiger partial charge in [-0.3, -0.25) is 4.79 Å². The van der Waals surface area contributed by atoms with Gasteiger partial charge in [-0.25, -0.2) is 0 Å². The fourth-order valence-corrected chi connectivity index (χ4v) is 4.43. The van der Waals surface area contributed by atoms with Gasteiger partial charge in [0.05, 0.1) is 13.2 Å². The van der Waals surface area contributed by atoms with Crippen molar-refractivity contribution in [2.75, 3.05) is 39.4 Å². The maximum absolute atomic E-state index is 12.4. The number of carbonyl (C=O) groups is 1. The van der Waals surface area contributed by atoms with Gasteiger partial charge in [-0.1, -0.05) is 19.3 Å². The highest BCUT2D eigenvalue weighted by molar-refractivity contribution is 5.85. The number of hydrogen-bond acceptors (Lipinski definition) is 4. The van der Waals surface area contributed by atoms with Crippen LogP contribution in [0.5, 0.6) is 0 Å². The molecule has 0 bridgehead atoms. The van der Waals surface area contributed by atoms with Crippen molar-refractivity contribution in [2.45, 2.75) is 63.5 Å². The lowest BCUT2D eigenvalue weighted by Crippen LogP contribution is -2.51. The van der Waals surface area contributed by atoms with Gasteiger partial charge >= 0.3 is 0 Å². The van der Waals surface area contributed by atoms with Gasteiger partial charge < -0.3 is 20.3 Å². The summed E-state index contributed by atoms with van der Waals surface area (Å²) in [6.07, 6.45) is 9.37. The maximum atomic E-state index is 12.4. The predicted molar refractivity (Wildman–Crippen MR) is 98.7 cm³/mol. The highest BCUT2D eigenvalue weighted by Gasteiger charge is 2.34. The summed E-state index contributed by atoms with van der Waals surface area (Å²) in [5.74, 6) is 0.997. The molecule has 1 amide bonds. The Labute approximate surface area is 152 Å². The van der Waals surface area contributed by atoms with Crippen LogP contribution in [0.3, 0.4) is 0 Å². The van der Waals surface area contributed by atoms with E-state index in [-0.39, 0.29) is 12.4 Å². The number of likely N-dealkylation sites (tertiary alicyclic amines) is 1.